The van der Waals surface area contributed by atoms with Gasteiger partial charge in [0.25, 0.3) is 11.7 Å². The van der Waals surface area contributed by atoms with Gasteiger partial charge >= 0.3 is 0 Å². The molecule has 33 heavy (non-hydrogen) atoms. The zero-order valence-corrected chi connectivity index (χ0v) is 17.7. The van der Waals surface area contributed by atoms with Crippen LogP contribution in [0.4, 0.5) is 14.5 Å². The maximum absolute atomic E-state index is 14.7. The first-order valence-corrected chi connectivity index (χ1v) is 10.3. The maximum atomic E-state index is 14.7. The summed E-state index contributed by atoms with van der Waals surface area (Å²) in [7, 11) is 0. The molecular formula is C25H20F2N2O4. The highest BCUT2D eigenvalue weighted by molar-refractivity contribution is 6.51. The summed E-state index contributed by atoms with van der Waals surface area (Å²) in [5, 5.41) is 11.1. The normalized spacial score (nSPS) is 17.4. The molecule has 3 aromatic rings. The number of rotatable bonds is 6. The van der Waals surface area contributed by atoms with E-state index in [1.807, 2.05) is 6.92 Å². The van der Waals surface area contributed by atoms with Crippen molar-refractivity contribution in [2.75, 3.05) is 11.5 Å². The van der Waals surface area contributed by atoms with E-state index in [1.165, 1.54) is 12.4 Å². The smallest absolute Gasteiger partial charge is 0.300 e. The first-order chi connectivity index (χ1) is 15.9. The lowest BCUT2D eigenvalue weighted by molar-refractivity contribution is -0.132. The second-order valence-electron chi connectivity index (χ2n) is 7.43. The first kappa shape index (κ1) is 22.1. The molecule has 6 nitrogen and oxygen atoms in total. The number of anilines is 1. The number of carbonyl (C=O) groups is 2. The Morgan fingerprint density at radius 2 is 1.94 bits per heavy atom. The minimum atomic E-state index is -1.21. The first-order valence-electron chi connectivity index (χ1n) is 10.3. The van der Waals surface area contributed by atoms with Gasteiger partial charge in [0.15, 0.2) is 0 Å². The minimum Gasteiger partial charge on any atom is -0.507 e. The number of carbonyl (C=O) groups excluding carboxylic acids is 2. The number of aliphatic hydroxyl groups is 1. The van der Waals surface area contributed by atoms with E-state index in [0.29, 0.717) is 17.9 Å². The number of benzene rings is 2. The number of hydrogen-bond acceptors (Lipinski definition) is 5. The predicted octanol–water partition coefficient (Wildman–Crippen LogP) is 4.77. The molecular weight excluding hydrogens is 430 g/mol. The zero-order chi connectivity index (χ0) is 23.5. The molecule has 1 unspecified atom stereocenters. The Bertz CT molecular complexity index is 1240. The van der Waals surface area contributed by atoms with E-state index < -0.39 is 40.8 Å². The van der Waals surface area contributed by atoms with E-state index in [1.54, 1.807) is 36.4 Å². The fourth-order valence-corrected chi connectivity index (χ4v) is 3.71. The molecule has 1 aliphatic heterocycles. The lowest BCUT2D eigenvalue weighted by Gasteiger charge is -2.25. The molecule has 2 heterocycles. The number of hydrogen-bond donors (Lipinski definition) is 1. The van der Waals surface area contributed by atoms with Crippen molar-refractivity contribution >= 4 is 23.1 Å². The van der Waals surface area contributed by atoms with Gasteiger partial charge in [-0.25, -0.2) is 8.78 Å². The number of halogens is 2. The lowest BCUT2D eigenvalue weighted by atomic mass is 9.96. The van der Waals surface area contributed by atoms with E-state index in [9.17, 15) is 23.5 Å². The molecule has 1 fully saturated rings. The molecule has 8 heteroatoms. The molecule has 0 bridgehead atoms. The second-order valence-corrected chi connectivity index (χ2v) is 7.43. The molecule has 2 aromatic carbocycles. The Labute approximate surface area is 188 Å². The molecule has 1 N–H and O–H groups in total. The zero-order valence-electron chi connectivity index (χ0n) is 17.7. The van der Waals surface area contributed by atoms with Crippen molar-refractivity contribution in [1.82, 2.24) is 4.98 Å². The second kappa shape index (κ2) is 9.20. The van der Waals surface area contributed by atoms with Crippen LogP contribution in [0.15, 0.2) is 72.6 Å². The molecule has 1 aromatic heterocycles. The van der Waals surface area contributed by atoms with Crippen molar-refractivity contribution in [3.8, 4) is 5.75 Å². The molecule has 1 aliphatic rings. The van der Waals surface area contributed by atoms with Gasteiger partial charge in [0.1, 0.15) is 23.1 Å². The third kappa shape index (κ3) is 4.19. The Morgan fingerprint density at radius 1 is 1.12 bits per heavy atom. The van der Waals surface area contributed by atoms with Gasteiger partial charge in [-0.05, 0) is 42.3 Å². The van der Waals surface area contributed by atoms with Gasteiger partial charge in [-0.3, -0.25) is 19.5 Å². The predicted molar refractivity (Wildman–Crippen MR) is 118 cm³/mol. The van der Waals surface area contributed by atoms with Gasteiger partial charge in [-0.1, -0.05) is 25.1 Å². The molecule has 1 atom stereocenters. The van der Waals surface area contributed by atoms with Crippen LogP contribution in [0.3, 0.4) is 0 Å². The van der Waals surface area contributed by atoms with Crippen molar-refractivity contribution in [3.63, 3.8) is 0 Å². The van der Waals surface area contributed by atoms with Gasteiger partial charge in [0.05, 0.1) is 23.9 Å². The highest BCUT2D eigenvalue weighted by Crippen LogP contribution is 2.43. The quantitative estimate of drug-likeness (QED) is 0.332. The number of pyridine rings is 1. The Hall–Kier alpha value is -4.07. The average molecular weight is 450 g/mol. The Morgan fingerprint density at radius 3 is 2.67 bits per heavy atom. The van der Waals surface area contributed by atoms with Gasteiger partial charge in [0, 0.05) is 24.0 Å². The van der Waals surface area contributed by atoms with Crippen LogP contribution in [0.5, 0.6) is 5.75 Å². The summed E-state index contributed by atoms with van der Waals surface area (Å²) >= 11 is 0. The fraction of sp³-hybridized carbons (Fsp3) is 0.160. The molecule has 4 rings (SSSR count). The van der Waals surface area contributed by atoms with Gasteiger partial charge < -0.3 is 9.84 Å². The van der Waals surface area contributed by atoms with Gasteiger partial charge in [-0.15, -0.1) is 0 Å². The van der Waals surface area contributed by atoms with Gasteiger partial charge in [0.2, 0.25) is 0 Å². The average Bonchev–Trinajstić information content (AvgIpc) is 3.10. The molecule has 0 spiro atoms. The van der Waals surface area contributed by atoms with Crippen molar-refractivity contribution in [2.45, 2.75) is 19.4 Å². The molecule has 0 aliphatic carbocycles. The van der Waals surface area contributed by atoms with Crippen molar-refractivity contribution in [2.24, 2.45) is 0 Å². The summed E-state index contributed by atoms with van der Waals surface area (Å²) in [4.78, 5) is 30.9. The monoisotopic (exact) mass is 450 g/mol. The number of amides is 1. The molecule has 0 radical (unpaired) electrons. The van der Waals surface area contributed by atoms with Crippen LogP contribution in [-0.4, -0.2) is 28.4 Å². The summed E-state index contributed by atoms with van der Waals surface area (Å²) in [5.41, 5.74) is -0.0789. The van der Waals surface area contributed by atoms with E-state index in [2.05, 4.69) is 4.98 Å². The Balaban J connectivity index is 1.91. The van der Waals surface area contributed by atoms with E-state index in [0.717, 1.165) is 29.5 Å². The van der Waals surface area contributed by atoms with Gasteiger partial charge in [-0.2, -0.15) is 0 Å². The molecule has 1 amide bonds. The largest absolute Gasteiger partial charge is 0.507 e. The third-order valence-corrected chi connectivity index (χ3v) is 5.19. The summed E-state index contributed by atoms with van der Waals surface area (Å²) < 4.78 is 34.2. The summed E-state index contributed by atoms with van der Waals surface area (Å²) in [5.74, 6) is -3.76. The lowest BCUT2D eigenvalue weighted by Crippen LogP contribution is -2.30. The highest BCUT2D eigenvalue weighted by Gasteiger charge is 2.48. The topological polar surface area (TPSA) is 79.7 Å². The number of ketones is 1. The maximum Gasteiger partial charge on any atom is 0.300 e. The van der Waals surface area contributed by atoms with Crippen LogP contribution >= 0.6 is 0 Å². The number of nitrogens with zero attached hydrogens (tertiary/aromatic N) is 2. The number of aromatic nitrogens is 1. The highest BCUT2D eigenvalue weighted by atomic mass is 19.1. The van der Waals surface area contributed by atoms with E-state index >= 15 is 0 Å². The van der Waals surface area contributed by atoms with E-state index in [4.69, 9.17) is 4.74 Å². The summed E-state index contributed by atoms with van der Waals surface area (Å²) in [6.45, 7) is 2.41. The van der Waals surface area contributed by atoms with Crippen LogP contribution in [0.1, 0.15) is 30.5 Å². The molecule has 1 saturated heterocycles. The van der Waals surface area contributed by atoms with Crippen LogP contribution in [0.25, 0.3) is 5.76 Å². The number of aliphatic hydroxyl groups excluding tert-OH is 1. The standard InChI is InChI=1S/C25H20F2N2O4/c1-2-11-33-18-7-3-5-15(12-18)23(30)21-22(16-6-4-10-28-14-16)29(25(32)24(21)31)20-13-17(26)8-9-19(20)27/h3-10,12-14,22,30H,2,11H2,1H3/b23-21+. The van der Waals surface area contributed by atoms with Crippen LogP contribution in [-0.2, 0) is 9.59 Å². The number of Topliss-reactive ketones (excluding diaryl/α,β-unsaturated/α-hetero) is 1. The van der Waals surface area contributed by atoms with Crippen molar-refractivity contribution in [3.05, 3.63) is 95.3 Å². The SMILES string of the molecule is CCCOc1cccc(/C(O)=C2\C(=O)C(=O)N(c3cc(F)ccc3F)C2c2cccnc2)c1. The van der Waals surface area contributed by atoms with Crippen LogP contribution in [0.2, 0.25) is 0 Å². The third-order valence-electron chi connectivity index (χ3n) is 5.19. The molecule has 168 valence electrons. The van der Waals surface area contributed by atoms with E-state index in [-0.39, 0.29) is 11.1 Å². The van der Waals surface area contributed by atoms with Crippen molar-refractivity contribution < 1.29 is 28.2 Å². The van der Waals surface area contributed by atoms with Crippen LogP contribution in [0, 0.1) is 11.6 Å². The molecule has 0 saturated carbocycles. The van der Waals surface area contributed by atoms with Crippen LogP contribution < -0.4 is 9.64 Å². The number of ether oxygens (including phenoxy) is 1. The summed E-state index contributed by atoms with van der Waals surface area (Å²) in [6.07, 6.45) is 3.67. The summed E-state index contributed by atoms with van der Waals surface area (Å²) in [6, 6.07) is 11.0. The Kier molecular flexibility index (Phi) is 6.17. The minimum absolute atomic E-state index is 0.246. The fourth-order valence-electron chi connectivity index (χ4n) is 3.71. The van der Waals surface area contributed by atoms with Crippen molar-refractivity contribution in [1.29, 1.82) is 0 Å².